The monoisotopic (exact) mass is 249 g/mol. The number of hydrogen-bond donors (Lipinski definition) is 1. The first-order chi connectivity index (χ1) is 8.70. The van der Waals surface area contributed by atoms with E-state index in [0.29, 0.717) is 17.8 Å². The summed E-state index contributed by atoms with van der Waals surface area (Å²) in [6.07, 6.45) is 3.41. The van der Waals surface area contributed by atoms with Crippen molar-refractivity contribution >= 4 is 0 Å². The number of aryl methyl sites for hydroxylation is 2. The molecule has 0 spiro atoms. The Morgan fingerprint density at radius 2 is 2.28 bits per heavy atom. The lowest BCUT2D eigenvalue weighted by atomic mass is 10.2. The molecule has 18 heavy (non-hydrogen) atoms. The molecular weight excluding hydrogens is 230 g/mol. The molecule has 0 saturated heterocycles. The minimum absolute atomic E-state index is 0.459. The lowest BCUT2D eigenvalue weighted by Gasteiger charge is -2.09. The predicted octanol–water partition coefficient (Wildman–Crippen LogP) is 2.57. The van der Waals surface area contributed by atoms with Gasteiger partial charge in [-0.3, -0.25) is 0 Å². The largest absolute Gasteiger partial charge is 0.469 e. The Hall–Kier alpha value is -1.62. The van der Waals surface area contributed by atoms with Gasteiger partial charge in [0.2, 0.25) is 11.7 Å². The molecule has 0 saturated carbocycles. The summed E-state index contributed by atoms with van der Waals surface area (Å²) in [5.41, 5.74) is 0.893. The van der Waals surface area contributed by atoms with Gasteiger partial charge >= 0.3 is 0 Å². The van der Waals surface area contributed by atoms with Crippen molar-refractivity contribution in [3.8, 4) is 11.4 Å². The molecule has 2 rings (SSSR count). The maximum absolute atomic E-state index is 5.24. The third kappa shape index (κ3) is 2.98. The molecule has 0 amide bonds. The van der Waals surface area contributed by atoms with Gasteiger partial charge in [-0.2, -0.15) is 4.98 Å². The van der Waals surface area contributed by atoms with Crippen LogP contribution in [0.15, 0.2) is 21.3 Å². The highest BCUT2D eigenvalue weighted by Gasteiger charge is 2.13. The average molecular weight is 249 g/mol. The molecular formula is C13H19N3O2. The van der Waals surface area contributed by atoms with Crippen LogP contribution in [0.5, 0.6) is 0 Å². The lowest BCUT2D eigenvalue weighted by Crippen LogP contribution is -2.25. The van der Waals surface area contributed by atoms with Gasteiger partial charge in [0.25, 0.3) is 0 Å². The molecule has 98 valence electrons. The summed E-state index contributed by atoms with van der Waals surface area (Å²) in [5, 5.41) is 7.33. The second-order valence-corrected chi connectivity index (χ2v) is 4.40. The molecule has 1 N–H and O–H groups in total. The van der Waals surface area contributed by atoms with Crippen LogP contribution in [-0.4, -0.2) is 22.7 Å². The van der Waals surface area contributed by atoms with Crippen LogP contribution in [0, 0.1) is 6.92 Å². The fraction of sp³-hybridized carbons (Fsp3) is 0.538. The molecule has 0 aliphatic rings. The molecule has 0 aromatic carbocycles. The van der Waals surface area contributed by atoms with E-state index >= 15 is 0 Å². The maximum atomic E-state index is 5.24. The second-order valence-electron chi connectivity index (χ2n) is 4.40. The standard InChI is InChI=1S/C13H19N3O2/c1-4-14-9(2)5-6-12-15-13(16-18-12)11-7-8-17-10(11)3/h7-9,14H,4-6H2,1-3H3. The highest BCUT2D eigenvalue weighted by atomic mass is 16.5. The summed E-state index contributed by atoms with van der Waals surface area (Å²) in [6, 6.07) is 2.31. The number of nitrogens with zero attached hydrogens (tertiary/aromatic N) is 2. The number of furan rings is 1. The summed E-state index contributed by atoms with van der Waals surface area (Å²) in [6.45, 7) is 7.12. The van der Waals surface area contributed by atoms with Gasteiger partial charge in [0.05, 0.1) is 11.8 Å². The van der Waals surface area contributed by atoms with E-state index in [-0.39, 0.29) is 0 Å². The van der Waals surface area contributed by atoms with Crippen LogP contribution in [0.25, 0.3) is 11.4 Å². The Bertz CT molecular complexity index is 490. The molecule has 0 fully saturated rings. The normalized spacial score (nSPS) is 12.8. The Kier molecular flexibility index (Phi) is 4.15. The maximum Gasteiger partial charge on any atom is 0.227 e. The Labute approximate surface area is 107 Å². The van der Waals surface area contributed by atoms with Crippen LogP contribution in [0.2, 0.25) is 0 Å². The zero-order valence-electron chi connectivity index (χ0n) is 11.1. The summed E-state index contributed by atoms with van der Waals surface area (Å²) in [7, 11) is 0. The van der Waals surface area contributed by atoms with E-state index in [4.69, 9.17) is 8.94 Å². The summed E-state index contributed by atoms with van der Waals surface area (Å²) in [4.78, 5) is 4.38. The fourth-order valence-corrected chi connectivity index (χ4v) is 1.87. The van der Waals surface area contributed by atoms with Crippen molar-refractivity contribution in [1.82, 2.24) is 15.5 Å². The van der Waals surface area contributed by atoms with Gasteiger partial charge in [0, 0.05) is 12.5 Å². The van der Waals surface area contributed by atoms with E-state index in [1.165, 1.54) is 0 Å². The highest BCUT2D eigenvalue weighted by molar-refractivity contribution is 5.55. The number of nitrogens with one attached hydrogen (secondary N) is 1. The van der Waals surface area contributed by atoms with Crippen molar-refractivity contribution < 1.29 is 8.94 Å². The molecule has 0 aliphatic carbocycles. The van der Waals surface area contributed by atoms with E-state index < -0.39 is 0 Å². The van der Waals surface area contributed by atoms with Crippen molar-refractivity contribution in [2.45, 2.75) is 39.7 Å². The Morgan fingerprint density at radius 1 is 1.44 bits per heavy atom. The van der Waals surface area contributed by atoms with Crippen molar-refractivity contribution in [3.63, 3.8) is 0 Å². The van der Waals surface area contributed by atoms with Crippen molar-refractivity contribution in [2.24, 2.45) is 0 Å². The predicted molar refractivity (Wildman–Crippen MR) is 68.2 cm³/mol. The molecule has 2 aromatic rings. The van der Waals surface area contributed by atoms with Crippen molar-refractivity contribution in [3.05, 3.63) is 24.0 Å². The van der Waals surface area contributed by atoms with E-state index in [9.17, 15) is 0 Å². The summed E-state index contributed by atoms with van der Waals surface area (Å²) < 4.78 is 10.5. The highest BCUT2D eigenvalue weighted by Crippen LogP contribution is 2.21. The third-order valence-electron chi connectivity index (χ3n) is 2.91. The Morgan fingerprint density at radius 3 is 2.94 bits per heavy atom. The molecule has 1 atom stereocenters. The van der Waals surface area contributed by atoms with E-state index in [1.807, 2.05) is 13.0 Å². The molecule has 2 heterocycles. The third-order valence-corrected chi connectivity index (χ3v) is 2.91. The first kappa shape index (κ1) is 12.8. The zero-order chi connectivity index (χ0) is 13.0. The SMILES string of the molecule is CCNC(C)CCc1nc(-c2ccoc2C)no1. The number of rotatable bonds is 6. The van der Waals surface area contributed by atoms with E-state index in [1.54, 1.807) is 6.26 Å². The smallest absolute Gasteiger partial charge is 0.227 e. The molecule has 5 nitrogen and oxygen atoms in total. The number of hydrogen-bond acceptors (Lipinski definition) is 5. The average Bonchev–Trinajstić information content (AvgIpc) is 2.95. The van der Waals surface area contributed by atoms with E-state index in [0.717, 1.165) is 30.7 Å². The van der Waals surface area contributed by atoms with Crippen LogP contribution in [0.4, 0.5) is 0 Å². The fourth-order valence-electron chi connectivity index (χ4n) is 1.87. The van der Waals surface area contributed by atoms with Gasteiger partial charge in [-0.1, -0.05) is 12.1 Å². The second kappa shape index (κ2) is 5.82. The summed E-state index contributed by atoms with van der Waals surface area (Å²) in [5.74, 6) is 2.09. The quantitative estimate of drug-likeness (QED) is 0.852. The first-order valence-electron chi connectivity index (χ1n) is 6.31. The van der Waals surface area contributed by atoms with Crippen LogP contribution in [0.3, 0.4) is 0 Å². The van der Waals surface area contributed by atoms with Gasteiger partial charge in [-0.15, -0.1) is 0 Å². The van der Waals surface area contributed by atoms with Crippen LogP contribution < -0.4 is 5.32 Å². The first-order valence-corrected chi connectivity index (χ1v) is 6.31. The van der Waals surface area contributed by atoms with E-state index in [2.05, 4.69) is 29.3 Å². The minimum Gasteiger partial charge on any atom is -0.469 e. The Balaban J connectivity index is 1.97. The number of aromatic nitrogens is 2. The molecule has 1 unspecified atom stereocenters. The van der Waals surface area contributed by atoms with Gasteiger partial charge in [-0.25, -0.2) is 0 Å². The topological polar surface area (TPSA) is 64.1 Å². The van der Waals surface area contributed by atoms with Crippen LogP contribution in [0.1, 0.15) is 31.9 Å². The molecule has 5 heteroatoms. The van der Waals surface area contributed by atoms with Gasteiger partial charge in [-0.05, 0) is 32.9 Å². The van der Waals surface area contributed by atoms with Crippen molar-refractivity contribution in [1.29, 1.82) is 0 Å². The molecule has 0 aliphatic heterocycles. The van der Waals surface area contributed by atoms with Gasteiger partial charge in [0.15, 0.2) is 0 Å². The van der Waals surface area contributed by atoms with Crippen LogP contribution in [-0.2, 0) is 6.42 Å². The summed E-state index contributed by atoms with van der Waals surface area (Å²) >= 11 is 0. The molecule has 0 radical (unpaired) electrons. The minimum atomic E-state index is 0.459. The zero-order valence-corrected chi connectivity index (χ0v) is 11.1. The van der Waals surface area contributed by atoms with Crippen LogP contribution >= 0.6 is 0 Å². The van der Waals surface area contributed by atoms with Crippen molar-refractivity contribution in [2.75, 3.05) is 6.54 Å². The lowest BCUT2D eigenvalue weighted by molar-refractivity contribution is 0.368. The van der Waals surface area contributed by atoms with Gasteiger partial charge in [0.1, 0.15) is 5.76 Å². The molecule has 2 aromatic heterocycles. The van der Waals surface area contributed by atoms with Gasteiger partial charge < -0.3 is 14.3 Å². The molecule has 0 bridgehead atoms.